The maximum absolute atomic E-state index is 10.9. The second-order valence-corrected chi connectivity index (χ2v) is 4.54. The number of rotatable bonds is 4. The topological polar surface area (TPSA) is 148 Å². The molecule has 6 atom stereocenters. The number of hydrogen-bond acceptors (Lipinski definition) is 7. The second-order valence-electron chi connectivity index (χ2n) is 4.54. The van der Waals surface area contributed by atoms with Gasteiger partial charge in [0.15, 0.2) is 0 Å². The van der Waals surface area contributed by atoms with Crippen LogP contribution in [0.2, 0.25) is 0 Å². The Morgan fingerprint density at radius 3 is 2.50 bits per heavy atom. The molecule has 0 spiro atoms. The Kier molecular flexibility index (Phi) is 4.65. The third kappa shape index (κ3) is 2.79. The Labute approximate surface area is 103 Å². The van der Waals surface area contributed by atoms with Gasteiger partial charge in [-0.25, -0.2) is 4.79 Å². The zero-order chi connectivity index (χ0) is 14.1. The molecule has 106 valence electrons. The first-order chi connectivity index (χ1) is 8.23. The molecule has 6 N–H and O–H groups in total. The molecule has 1 aliphatic heterocycles. The smallest absolute Gasteiger partial charge is 0.364 e. The molecule has 1 rings (SSSR count). The van der Waals surface area contributed by atoms with Crippen molar-refractivity contribution in [3.63, 3.8) is 0 Å². The number of carboxylic acids is 1. The molecule has 0 aromatic rings. The monoisotopic (exact) mass is 266 g/mol. The Morgan fingerprint density at radius 1 is 1.50 bits per heavy atom. The molecule has 0 aliphatic carbocycles. The summed E-state index contributed by atoms with van der Waals surface area (Å²) in [7, 11) is 0. The van der Waals surface area contributed by atoms with E-state index in [2.05, 4.69) is 0 Å². The number of hydrogen-bond donors (Lipinski definition) is 6. The highest BCUT2D eigenvalue weighted by Gasteiger charge is 2.51. The van der Waals surface area contributed by atoms with Crippen LogP contribution in [0.15, 0.2) is 0 Å². The van der Waals surface area contributed by atoms with Gasteiger partial charge in [-0.15, -0.1) is 0 Å². The van der Waals surface area contributed by atoms with Gasteiger partial charge in [0.2, 0.25) is 0 Å². The van der Waals surface area contributed by atoms with E-state index in [1.807, 2.05) is 0 Å². The maximum Gasteiger partial charge on any atom is 0.364 e. The average molecular weight is 266 g/mol. The van der Waals surface area contributed by atoms with E-state index < -0.39 is 55.1 Å². The van der Waals surface area contributed by atoms with Crippen LogP contribution >= 0.6 is 0 Å². The van der Waals surface area contributed by atoms with Gasteiger partial charge in [-0.1, -0.05) is 6.92 Å². The number of carboxylic acid groups (broad SMARTS) is 1. The quantitative estimate of drug-likeness (QED) is 0.321. The van der Waals surface area contributed by atoms with Gasteiger partial charge < -0.3 is 35.4 Å². The number of aliphatic hydroxyl groups is 5. The normalized spacial score (nSPS) is 40.2. The molecule has 8 heteroatoms. The third-order valence-corrected chi connectivity index (χ3v) is 3.19. The van der Waals surface area contributed by atoms with Gasteiger partial charge in [-0.3, -0.25) is 0 Å². The van der Waals surface area contributed by atoms with E-state index in [0.29, 0.717) is 0 Å². The lowest BCUT2D eigenvalue weighted by atomic mass is 9.85. The Morgan fingerprint density at radius 2 is 2.06 bits per heavy atom. The van der Waals surface area contributed by atoms with Crippen molar-refractivity contribution in [1.29, 1.82) is 0 Å². The van der Waals surface area contributed by atoms with Crippen LogP contribution in [0.5, 0.6) is 0 Å². The van der Waals surface area contributed by atoms with E-state index >= 15 is 0 Å². The van der Waals surface area contributed by atoms with Crippen LogP contribution in [-0.2, 0) is 9.53 Å². The van der Waals surface area contributed by atoms with Gasteiger partial charge in [-0.2, -0.15) is 0 Å². The van der Waals surface area contributed by atoms with Crippen molar-refractivity contribution in [2.75, 3.05) is 6.61 Å². The number of carbonyl (C=O) groups is 1. The summed E-state index contributed by atoms with van der Waals surface area (Å²) in [5, 5.41) is 55.9. The molecule has 0 saturated carbocycles. The standard InChI is InChI=1S/C10H18O8/c1-4-5(12)2-10(17,9(15)16)18-8(4)7(14)6(13)3-11/h4-8,11-14,17H,2-3H2,1H3,(H,15,16)/t4-,5+,6+,7-,8?,10-/m1/s1. The highest BCUT2D eigenvalue weighted by atomic mass is 16.7. The van der Waals surface area contributed by atoms with Crippen LogP contribution in [-0.4, -0.2) is 73.4 Å². The van der Waals surface area contributed by atoms with Gasteiger partial charge in [-0.05, 0) is 0 Å². The highest BCUT2D eigenvalue weighted by molar-refractivity contribution is 5.75. The lowest BCUT2D eigenvalue weighted by molar-refractivity contribution is -0.302. The fraction of sp³-hybridized carbons (Fsp3) is 0.900. The number of ether oxygens (including phenoxy) is 1. The van der Waals surface area contributed by atoms with Gasteiger partial charge in [0, 0.05) is 12.3 Å². The van der Waals surface area contributed by atoms with E-state index in [4.69, 9.17) is 14.9 Å². The lowest BCUT2D eigenvalue weighted by Crippen LogP contribution is -2.60. The minimum Gasteiger partial charge on any atom is -0.477 e. The van der Waals surface area contributed by atoms with E-state index in [-0.39, 0.29) is 0 Å². The Hall–Kier alpha value is -0.770. The van der Waals surface area contributed by atoms with Crippen molar-refractivity contribution in [3.05, 3.63) is 0 Å². The van der Waals surface area contributed by atoms with Crippen LogP contribution in [0.1, 0.15) is 13.3 Å². The molecule has 18 heavy (non-hydrogen) atoms. The minimum absolute atomic E-state index is 0.540. The molecule has 0 bridgehead atoms. The summed E-state index contributed by atoms with van der Waals surface area (Å²) >= 11 is 0. The van der Waals surface area contributed by atoms with Gasteiger partial charge in [0.25, 0.3) is 5.79 Å². The zero-order valence-corrected chi connectivity index (χ0v) is 9.80. The summed E-state index contributed by atoms with van der Waals surface area (Å²) in [6, 6.07) is 0. The molecule has 0 radical (unpaired) electrons. The van der Waals surface area contributed by atoms with Crippen molar-refractivity contribution < 1.29 is 40.2 Å². The van der Waals surface area contributed by atoms with Crippen molar-refractivity contribution in [2.45, 2.75) is 43.5 Å². The van der Waals surface area contributed by atoms with Crippen LogP contribution < -0.4 is 0 Å². The van der Waals surface area contributed by atoms with Crippen LogP contribution in [0.4, 0.5) is 0 Å². The highest BCUT2D eigenvalue weighted by Crippen LogP contribution is 2.33. The molecule has 8 nitrogen and oxygen atoms in total. The second kappa shape index (κ2) is 5.47. The van der Waals surface area contributed by atoms with Crippen LogP contribution in [0.25, 0.3) is 0 Å². The Balaban J connectivity index is 2.92. The molecular formula is C10H18O8. The largest absolute Gasteiger partial charge is 0.477 e. The van der Waals surface area contributed by atoms with Crippen molar-refractivity contribution >= 4 is 5.97 Å². The summed E-state index contributed by atoms with van der Waals surface area (Å²) in [5.74, 6) is -5.02. The van der Waals surface area contributed by atoms with Crippen LogP contribution in [0.3, 0.4) is 0 Å². The summed E-state index contributed by atoms with van der Waals surface area (Å²) in [5.41, 5.74) is 0. The third-order valence-electron chi connectivity index (χ3n) is 3.19. The SMILES string of the molecule is C[C@H]1C([C@H](O)[C@@H](O)CO)O[C@@](O)(C(=O)O)C[C@@H]1O. The molecule has 1 unspecified atom stereocenters. The van der Waals surface area contributed by atoms with Gasteiger partial charge in [0.05, 0.1) is 18.8 Å². The average Bonchev–Trinajstić information content (AvgIpc) is 2.31. The first-order valence-corrected chi connectivity index (χ1v) is 5.51. The predicted molar refractivity (Wildman–Crippen MR) is 56.3 cm³/mol. The Bertz CT molecular complexity index is 308. The maximum atomic E-state index is 10.9. The summed E-state index contributed by atoms with van der Waals surface area (Å²) < 4.78 is 4.88. The van der Waals surface area contributed by atoms with E-state index in [9.17, 15) is 25.2 Å². The van der Waals surface area contributed by atoms with E-state index in [1.165, 1.54) is 6.92 Å². The molecular weight excluding hydrogens is 248 g/mol. The lowest BCUT2D eigenvalue weighted by Gasteiger charge is -2.43. The minimum atomic E-state index is -2.62. The van der Waals surface area contributed by atoms with Crippen molar-refractivity contribution in [3.8, 4) is 0 Å². The van der Waals surface area contributed by atoms with Gasteiger partial charge in [0.1, 0.15) is 12.2 Å². The zero-order valence-electron chi connectivity index (χ0n) is 9.80. The fourth-order valence-corrected chi connectivity index (χ4v) is 1.91. The fourth-order valence-electron chi connectivity index (χ4n) is 1.91. The molecule has 1 fully saturated rings. The first kappa shape index (κ1) is 15.3. The molecule has 1 saturated heterocycles. The summed E-state index contributed by atoms with van der Waals surface area (Å²) in [6.45, 7) is 0.722. The molecule has 1 aliphatic rings. The van der Waals surface area contributed by atoms with E-state index in [1.54, 1.807) is 0 Å². The first-order valence-electron chi connectivity index (χ1n) is 5.51. The number of aliphatic carboxylic acids is 1. The molecule has 0 aromatic heterocycles. The summed E-state index contributed by atoms with van der Waals surface area (Å²) in [6.07, 6.45) is -6.24. The van der Waals surface area contributed by atoms with Crippen molar-refractivity contribution in [1.82, 2.24) is 0 Å². The predicted octanol–water partition coefficient (Wildman–Crippen LogP) is -2.74. The molecule has 1 heterocycles. The number of aliphatic hydroxyl groups excluding tert-OH is 4. The van der Waals surface area contributed by atoms with Crippen molar-refractivity contribution in [2.24, 2.45) is 5.92 Å². The summed E-state index contributed by atoms with van der Waals surface area (Å²) in [4.78, 5) is 10.9. The van der Waals surface area contributed by atoms with Gasteiger partial charge >= 0.3 is 5.97 Å². The molecule has 0 aromatic carbocycles. The van der Waals surface area contributed by atoms with Crippen LogP contribution in [0, 0.1) is 5.92 Å². The molecule has 0 amide bonds. The van der Waals surface area contributed by atoms with E-state index in [0.717, 1.165) is 0 Å².